The Hall–Kier alpha value is -1.06. The fourth-order valence-corrected chi connectivity index (χ4v) is 2.21. The van der Waals surface area contributed by atoms with E-state index in [0.29, 0.717) is 12.1 Å². The Balaban J connectivity index is 2.13. The van der Waals surface area contributed by atoms with Crippen LogP contribution in [0.15, 0.2) is 24.3 Å². The normalized spacial score (nSPS) is 17.9. The van der Waals surface area contributed by atoms with Crippen LogP contribution in [0.25, 0.3) is 0 Å². The Bertz CT molecular complexity index is 363. The molecule has 94 valence electrons. The van der Waals surface area contributed by atoms with Gasteiger partial charge < -0.3 is 10.1 Å². The molecule has 0 aliphatic carbocycles. The first-order valence-electron chi connectivity index (χ1n) is 6.38. The summed E-state index contributed by atoms with van der Waals surface area (Å²) in [6.07, 6.45) is 0. The summed E-state index contributed by atoms with van der Waals surface area (Å²) in [4.78, 5) is 2.42. The summed E-state index contributed by atoms with van der Waals surface area (Å²) < 4.78 is 5.70. The minimum atomic E-state index is 0.393. The zero-order valence-corrected chi connectivity index (χ0v) is 10.9. The van der Waals surface area contributed by atoms with Crippen LogP contribution < -0.4 is 10.1 Å². The van der Waals surface area contributed by atoms with Gasteiger partial charge in [0.05, 0.1) is 6.61 Å². The van der Waals surface area contributed by atoms with Crippen molar-refractivity contribution in [2.75, 3.05) is 26.7 Å². The highest BCUT2D eigenvalue weighted by atomic mass is 16.5. The molecule has 0 amide bonds. The minimum Gasteiger partial charge on any atom is -0.494 e. The standard InChI is InChI=1S/C14H22N2O/c1-4-17-14-8-6-5-7-13(14)11(2)16(3)12-9-15-10-12/h5-8,11-12,15H,4,9-10H2,1-3H3. The van der Waals surface area contributed by atoms with Crippen molar-refractivity contribution in [1.82, 2.24) is 10.2 Å². The number of nitrogens with zero attached hydrogens (tertiary/aromatic N) is 1. The molecule has 1 saturated heterocycles. The number of benzene rings is 1. The van der Waals surface area contributed by atoms with Gasteiger partial charge in [0, 0.05) is 30.7 Å². The molecule has 1 aliphatic heterocycles. The molecule has 0 radical (unpaired) electrons. The van der Waals surface area contributed by atoms with Gasteiger partial charge in [0.1, 0.15) is 5.75 Å². The lowest BCUT2D eigenvalue weighted by atomic mass is 10.0. The number of rotatable bonds is 5. The number of para-hydroxylation sites is 1. The summed E-state index contributed by atoms with van der Waals surface area (Å²) in [5.74, 6) is 1.02. The summed E-state index contributed by atoms with van der Waals surface area (Å²) in [5.41, 5.74) is 1.28. The third-order valence-electron chi connectivity index (χ3n) is 3.62. The Morgan fingerprint density at radius 3 is 2.71 bits per heavy atom. The predicted molar refractivity (Wildman–Crippen MR) is 70.4 cm³/mol. The quantitative estimate of drug-likeness (QED) is 0.844. The van der Waals surface area contributed by atoms with E-state index < -0.39 is 0 Å². The van der Waals surface area contributed by atoms with E-state index in [-0.39, 0.29) is 0 Å². The fraction of sp³-hybridized carbons (Fsp3) is 0.571. The van der Waals surface area contributed by atoms with Gasteiger partial charge in [-0.1, -0.05) is 18.2 Å². The van der Waals surface area contributed by atoms with Gasteiger partial charge in [0.2, 0.25) is 0 Å². The highest BCUT2D eigenvalue weighted by Crippen LogP contribution is 2.29. The summed E-state index contributed by atoms with van der Waals surface area (Å²) in [5, 5.41) is 3.32. The van der Waals surface area contributed by atoms with Gasteiger partial charge in [-0.2, -0.15) is 0 Å². The molecule has 3 heteroatoms. The van der Waals surface area contributed by atoms with E-state index in [1.54, 1.807) is 0 Å². The molecule has 1 heterocycles. The first kappa shape index (κ1) is 12.4. The Morgan fingerprint density at radius 1 is 1.41 bits per heavy atom. The van der Waals surface area contributed by atoms with Crippen molar-refractivity contribution in [1.29, 1.82) is 0 Å². The lowest BCUT2D eigenvalue weighted by Gasteiger charge is -2.39. The molecule has 0 bridgehead atoms. The average molecular weight is 234 g/mol. The van der Waals surface area contributed by atoms with Crippen molar-refractivity contribution in [2.24, 2.45) is 0 Å². The first-order chi connectivity index (χ1) is 8.24. The van der Waals surface area contributed by atoms with Crippen LogP contribution in [0, 0.1) is 0 Å². The van der Waals surface area contributed by atoms with Gasteiger partial charge in [0.25, 0.3) is 0 Å². The number of ether oxygens (including phenoxy) is 1. The van der Waals surface area contributed by atoms with Crippen LogP contribution in [0.4, 0.5) is 0 Å². The van der Waals surface area contributed by atoms with Crippen LogP contribution in [0.2, 0.25) is 0 Å². The van der Waals surface area contributed by atoms with Gasteiger partial charge in [-0.3, -0.25) is 4.90 Å². The van der Waals surface area contributed by atoms with Gasteiger partial charge >= 0.3 is 0 Å². The van der Waals surface area contributed by atoms with E-state index >= 15 is 0 Å². The molecule has 1 fully saturated rings. The van der Waals surface area contributed by atoms with E-state index in [0.717, 1.165) is 25.4 Å². The zero-order chi connectivity index (χ0) is 12.3. The molecule has 1 aromatic rings. The van der Waals surface area contributed by atoms with Crippen LogP contribution in [0.5, 0.6) is 5.75 Å². The maximum Gasteiger partial charge on any atom is 0.124 e. The second-order valence-corrected chi connectivity index (χ2v) is 4.62. The zero-order valence-electron chi connectivity index (χ0n) is 10.9. The molecular formula is C14H22N2O. The number of nitrogens with one attached hydrogen (secondary N) is 1. The third kappa shape index (κ3) is 2.61. The summed E-state index contributed by atoms with van der Waals surface area (Å²) in [6, 6.07) is 9.39. The van der Waals surface area contributed by atoms with Gasteiger partial charge in [-0.05, 0) is 27.0 Å². The molecule has 3 nitrogen and oxygen atoms in total. The molecule has 0 saturated carbocycles. The van der Waals surface area contributed by atoms with E-state index in [2.05, 4.69) is 42.4 Å². The van der Waals surface area contributed by atoms with Crippen molar-refractivity contribution >= 4 is 0 Å². The van der Waals surface area contributed by atoms with E-state index in [9.17, 15) is 0 Å². The molecule has 1 aromatic carbocycles. The molecule has 17 heavy (non-hydrogen) atoms. The highest BCUT2D eigenvalue weighted by Gasteiger charge is 2.26. The predicted octanol–water partition coefficient (Wildman–Crippen LogP) is 2.05. The van der Waals surface area contributed by atoms with Crippen LogP contribution in [-0.2, 0) is 0 Å². The smallest absolute Gasteiger partial charge is 0.124 e. The van der Waals surface area contributed by atoms with Crippen LogP contribution in [-0.4, -0.2) is 37.7 Å². The first-order valence-corrected chi connectivity index (χ1v) is 6.38. The summed E-state index contributed by atoms with van der Waals surface area (Å²) in [6.45, 7) is 7.19. The summed E-state index contributed by atoms with van der Waals surface area (Å²) in [7, 11) is 2.19. The average Bonchev–Trinajstić information content (AvgIpc) is 2.27. The molecule has 0 aromatic heterocycles. The molecule has 1 N–H and O–H groups in total. The molecule has 1 atom stereocenters. The molecular weight excluding hydrogens is 212 g/mol. The van der Waals surface area contributed by atoms with Crippen LogP contribution in [0.1, 0.15) is 25.5 Å². The van der Waals surface area contributed by atoms with E-state index in [1.165, 1.54) is 5.56 Å². The monoisotopic (exact) mass is 234 g/mol. The van der Waals surface area contributed by atoms with Crippen molar-refractivity contribution in [3.63, 3.8) is 0 Å². The maximum atomic E-state index is 5.70. The highest BCUT2D eigenvalue weighted by molar-refractivity contribution is 5.35. The molecule has 1 unspecified atom stereocenters. The van der Waals surface area contributed by atoms with Gasteiger partial charge in [-0.25, -0.2) is 0 Å². The Labute approximate surface area is 104 Å². The van der Waals surface area contributed by atoms with E-state index in [4.69, 9.17) is 4.74 Å². The topological polar surface area (TPSA) is 24.5 Å². The molecule has 0 spiro atoms. The van der Waals surface area contributed by atoms with Gasteiger partial charge in [0.15, 0.2) is 0 Å². The van der Waals surface area contributed by atoms with Crippen molar-refractivity contribution in [3.05, 3.63) is 29.8 Å². The second-order valence-electron chi connectivity index (χ2n) is 4.62. The number of hydrogen-bond donors (Lipinski definition) is 1. The summed E-state index contributed by atoms with van der Waals surface area (Å²) >= 11 is 0. The minimum absolute atomic E-state index is 0.393. The lowest BCUT2D eigenvalue weighted by molar-refractivity contribution is 0.134. The SMILES string of the molecule is CCOc1ccccc1C(C)N(C)C1CNC1. The van der Waals surface area contributed by atoms with Crippen molar-refractivity contribution in [2.45, 2.75) is 25.9 Å². The van der Waals surface area contributed by atoms with Crippen molar-refractivity contribution in [3.8, 4) is 5.75 Å². The lowest BCUT2D eigenvalue weighted by Crippen LogP contribution is -2.56. The number of likely N-dealkylation sites (N-methyl/N-ethyl adjacent to an activating group) is 1. The third-order valence-corrected chi connectivity index (χ3v) is 3.62. The number of hydrogen-bond acceptors (Lipinski definition) is 3. The largest absolute Gasteiger partial charge is 0.494 e. The van der Waals surface area contributed by atoms with Crippen molar-refractivity contribution < 1.29 is 4.74 Å². The Kier molecular flexibility index (Phi) is 4.02. The molecule has 2 rings (SSSR count). The van der Waals surface area contributed by atoms with Gasteiger partial charge in [-0.15, -0.1) is 0 Å². The molecule has 1 aliphatic rings. The van der Waals surface area contributed by atoms with Crippen LogP contribution in [0.3, 0.4) is 0 Å². The second kappa shape index (κ2) is 5.52. The van der Waals surface area contributed by atoms with E-state index in [1.807, 2.05) is 13.0 Å². The Morgan fingerprint density at radius 2 is 2.12 bits per heavy atom. The van der Waals surface area contributed by atoms with Crippen LogP contribution >= 0.6 is 0 Å². The fourth-order valence-electron chi connectivity index (χ4n) is 2.21. The maximum absolute atomic E-state index is 5.70.